The van der Waals surface area contributed by atoms with E-state index in [4.69, 9.17) is 5.73 Å². The van der Waals surface area contributed by atoms with E-state index in [1.165, 1.54) is 51.4 Å². The fourth-order valence-corrected chi connectivity index (χ4v) is 4.42. The summed E-state index contributed by atoms with van der Waals surface area (Å²) in [7, 11) is 0. The van der Waals surface area contributed by atoms with Crippen LogP contribution in [0.4, 0.5) is 0 Å². The zero-order valence-electron chi connectivity index (χ0n) is 19.8. The smallest absolute Gasteiger partial charge is 0.222 e. The zero-order valence-corrected chi connectivity index (χ0v) is 19.8. The molecule has 0 aromatic carbocycles. The van der Waals surface area contributed by atoms with Crippen LogP contribution in [0.3, 0.4) is 0 Å². The van der Waals surface area contributed by atoms with Gasteiger partial charge in [-0.15, -0.1) is 0 Å². The lowest BCUT2D eigenvalue weighted by Gasteiger charge is -2.24. The third-order valence-corrected chi connectivity index (χ3v) is 6.32. The molecular formula is C25H49N3O2. The summed E-state index contributed by atoms with van der Waals surface area (Å²) in [6.45, 7) is 4.57. The number of carbonyl (C=O) groups is 2. The van der Waals surface area contributed by atoms with E-state index >= 15 is 0 Å². The van der Waals surface area contributed by atoms with Gasteiger partial charge in [0.15, 0.2) is 0 Å². The number of rotatable bonds is 19. The number of hydrogen-bond donors (Lipinski definition) is 2. The second kappa shape index (κ2) is 18.7. The lowest BCUT2D eigenvalue weighted by molar-refractivity contribution is -0.133. The van der Waals surface area contributed by atoms with Gasteiger partial charge in [0.25, 0.3) is 0 Å². The van der Waals surface area contributed by atoms with Crippen LogP contribution >= 0.6 is 0 Å². The molecule has 1 aliphatic heterocycles. The van der Waals surface area contributed by atoms with E-state index in [9.17, 15) is 9.59 Å². The molecule has 3 N–H and O–H groups in total. The fraction of sp³-hybridized carbons (Fsp3) is 0.920. The molecule has 1 rings (SSSR count). The summed E-state index contributed by atoms with van der Waals surface area (Å²) in [5, 5.41) is 3.03. The number of carbonyl (C=O) groups excluding carboxylic acids is 2. The molecular weight excluding hydrogens is 374 g/mol. The number of unbranched alkanes of at least 4 members (excludes halogenated alkanes) is 12. The Morgan fingerprint density at radius 1 is 0.867 bits per heavy atom. The highest BCUT2D eigenvalue weighted by molar-refractivity contribution is 5.80. The van der Waals surface area contributed by atoms with Gasteiger partial charge in [0.2, 0.25) is 11.8 Å². The third-order valence-electron chi connectivity index (χ3n) is 6.32. The Bertz CT molecular complexity index is 442. The van der Waals surface area contributed by atoms with E-state index < -0.39 is 0 Å². The Labute approximate surface area is 185 Å². The van der Waals surface area contributed by atoms with Crippen LogP contribution in [0.25, 0.3) is 0 Å². The Balaban J connectivity index is 2.07. The Kier molecular flexibility index (Phi) is 16.7. The van der Waals surface area contributed by atoms with Crippen LogP contribution in [0, 0.1) is 0 Å². The lowest BCUT2D eigenvalue weighted by Crippen LogP contribution is -2.39. The minimum absolute atomic E-state index is 0.0949. The van der Waals surface area contributed by atoms with Crippen LogP contribution in [0.2, 0.25) is 0 Å². The summed E-state index contributed by atoms with van der Waals surface area (Å²) in [6, 6.07) is 0.109. The average molecular weight is 424 g/mol. The second-order valence-corrected chi connectivity index (χ2v) is 9.07. The molecule has 0 saturated carbocycles. The number of nitrogens with two attached hydrogens (primary N) is 1. The van der Waals surface area contributed by atoms with Crippen molar-refractivity contribution in [3.8, 4) is 0 Å². The lowest BCUT2D eigenvalue weighted by atomic mass is 10.1. The third kappa shape index (κ3) is 13.3. The topological polar surface area (TPSA) is 75.4 Å². The summed E-state index contributed by atoms with van der Waals surface area (Å²) >= 11 is 0. The molecule has 1 fully saturated rings. The van der Waals surface area contributed by atoms with Crippen molar-refractivity contribution < 1.29 is 9.59 Å². The number of amides is 2. The van der Waals surface area contributed by atoms with E-state index in [2.05, 4.69) is 12.2 Å². The molecule has 0 aromatic heterocycles. The highest BCUT2D eigenvalue weighted by atomic mass is 16.2. The fourth-order valence-electron chi connectivity index (χ4n) is 4.42. The first-order valence-electron chi connectivity index (χ1n) is 12.9. The first kappa shape index (κ1) is 26.9. The van der Waals surface area contributed by atoms with Crippen molar-refractivity contribution in [1.29, 1.82) is 0 Å². The van der Waals surface area contributed by atoms with Gasteiger partial charge in [-0.1, -0.05) is 77.6 Å². The van der Waals surface area contributed by atoms with Gasteiger partial charge in [-0.25, -0.2) is 0 Å². The molecule has 0 unspecified atom stereocenters. The minimum Gasteiger partial charge on any atom is -0.356 e. The van der Waals surface area contributed by atoms with E-state index in [1.54, 1.807) is 0 Å². The predicted octanol–water partition coefficient (Wildman–Crippen LogP) is 5.31. The van der Waals surface area contributed by atoms with Crippen molar-refractivity contribution in [3.63, 3.8) is 0 Å². The molecule has 5 heteroatoms. The summed E-state index contributed by atoms with van der Waals surface area (Å²) in [6.07, 6.45) is 20.3. The molecule has 0 bridgehead atoms. The standard InChI is InChI=1S/C25H49N3O2/c1-2-3-4-5-6-7-8-9-10-13-18-25(30)28-21-16-17-23(28)22-24(29)27-20-15-12-11-14-19-26/h23H,2-22,26H2,1H3,(H,27,29)/t23-/m0/s1. The summed E-state index contributed by atoms with van der Waals surface area (Å²) in [4.78, 5) is 26.8. The molecule has 1 aliphatic rings. The molecule has 0 spiro atoms. The summed E-state index contributed by atoms with van der Waals surface area (Å²) in [5.41, 5.74) is 5.49. The molecule has 176 valence electrons. The van der Waals surface area contributed by atoms with E-state index in [0.717, 1.165) is 71.0 Å². The van der Waals surface area contributed by atoms with Gasteiger partial charge in [0, 0.05) is 32.0 Å². The van der Waals surface area contributed by atoms with Crippen molar-refractivity contribution in [1.82, 2.24) is 10.2 Å². The number of likely N-dealkylation sites (tertiary alicyclic amines) is 1. The monoisotopic (exact) mass is 423 g/mol. The SMILES string of the molecule is CCCCCCCCCCCCC(=O)N1CCC[C@H]1CC(=O)NCCCCCCN. The average Bonchev–Trinajstić information content (AvgIpc) is 3.20. The molecule has 1 heterocycles. The van der Waals surface area contributed by atoms with Crippen LogP contribution in [0.5, 0.6) is 0 Å². The number of nitrogens with zero attached hydrogens (tertiary/aromatic N) is 1. The van der Waals surface area contributed by atoms with Gasteiger partial charge in [-0.05, 0) is 38.6 Å². The first-order valence-corrected chi connectivity index (χ1v) is 12.9. The van der Waals surface area contributed by atoms with Crippen molar-refractivity contribution in [2.45, 2.75) is 129 Å². The Hall–Kier alpha value is -1.10. The molecule has 0 radical (unpaired) electrons. The van der Waals surface area contributed by atoms with Crippen LogP contribution in [0.1, 0.15) is 122 Å². The minimum atomic E-state index is 0.0949. The Morgan fingerprint density at radius 2 is 1.47 bits per heavy atom. The predicted molar refractivity (Wildman–Crippen MR) is 126 cm³/mol. The molecule has 0 aliphatic carbocycles. The Morgan fingerprint density at radius 3 is 2.13 bits per heavy atom. The number of nitrogens with one attached hydrogen (secondary N) is 1. The maximum absolute atomic E-state index is 12.6. The van der Waals surface area contributed by atoms with Crippen molar-refractivity contribution >= 4 is 11.8 Å². The molecule has 0 aromatic rings. The zero-order chi connectivity index (χ0) is 21.9. The van der Waals surface area contributed by atoms with Gasteiger partial charge in [-0.2, -0.15) is 0 Å². The first-order chi connectivity index (χ1) is 14.7. The van der Waals surface area contributed by atoms with Gasteiger partial charge < -0.3 is 16.0 Å². The van der Waals surface area contributed by atoms with Gasteiger partial charge in [0.1, 0.15) is 0 Å². The van der Waals surface area contributed by atoms with E-state index in [0.29, 0.717) is 12.8 Å². The van der Waals surface area contributed by atoms with Crippen molar-refractivity contribution in [3.05, 3.63) is 0 Å². The summed E-state index contributed by atoms with van der Waals surface area (Å²) in [5.74, 6) is 0.351. The van der Waals surface area contributed by atoms with Gasteiger partial charge >= 0.3 is 0 Å². The maximum atomic E-state index is 12.6. The molecule has 30 heavy (non-hydrogen) atoms. The maximum Gasteiger partial charge on any atom is 0.222 e. The number of hydrogen-bond acceptors (Lipinski definition) is 3. The van der Waals surface area contributed by atoms with E-state index in [1.807, 2.05) is 4.90 Å². The molecule has 1 saturated heterocycles. The highest BCUT2D eigenvalue weighted by Gasteiger charge is 2.29. The normalized spacial score (nSPS) is 16.2. The second-order valence-electron chi connectivity index (χ2n) is 9.07. The van der Waals surface area contributed by atoms with Crippen molar-refractivity contribution in [2.24, 2.45) is 5.73 Å². The quantitative estimate of drug-likeness (QED) is 0.276. The van der Waals surface area contributed by atoms with Gasteiger partial charge in [-0.3, -0.25) is 9.59 Å². The van der Waals surface area contributed by atoms with E-state index in [-0.39, 0.29) is 17.9 Å². The highest BCUT2D eigenvalue weighted by Crippen LogP contribution is 2.22. The molecule has 2 amide bonds. The van der Waals surface area contributed by atoms with Crippen LogP contribution in [-0.4, -0.2) is 42.4 Å². The van der Waals surface area contributed by atoms with Gasteiger partial charge in [0.05, 0.1) is 0 Å². The largest absolute Gasteiger partial charge is 0.356 e. The van der Waals surface area contributed by atoms with Crippen LogP contribution in [0.15, 0.2) is 0 Å². The van der Waals surface area contributed by atoms with Crippen LogP contribution in [-0.2, 0) is 9.59 Å². The van der Waals surface area contributed by atoms with Crippen LogP contribution < -0.4 is 11.1 Å². The molecule has 5 nitrogen and oxygen atoms in total. The summed E-state index contributed by atoms with van der Waals surface area (Å²) < 4.78 is 0. The molecule has 1 atom stereocenters. The van der Waals surface area contributed by atoms with Crippen molar-refractivity contribution in [2.75, 3.05) is 19.6 Å².